The van der Waals surface area contributed by atoms with E-state index in [-0.39, 0.29) is 6.61 Å². The third-order valence-electron chi connectivity index (χ3n) is 2.64. The van der Waals surface area contributed by atoms with Crippen molar-refractivity contribution < 1.29 is 14.6 Å². The summed E-state index contributed by atoms with van der Waals surface area (Å²) >= 11 is 0. The van der Waals surface area contributed by atoms with E-state index in [0.29, 0.717) is 5.82 Å². The molecule has 0 aromatic carbocycles. The lowest BCUT2D eigenvalue weighted by atomic mass is 10.2. The van der Waals surface area contributed by atoms with Crippen LogP contribution in [-0.4, -0.2) is 35.4 Å². The maximum atomic E-state index is 12.0. The highest BCUT2D eigenvalue weighted by Gasteiger charge is 2.21. The lowest BCUT2D eigenvalue weighted by Crippen LogP contribution is -2.34. The molecule has 1 heterocycles. The largest absolute Gasteiger partial charge is 0.443 e. The third-order valence-corrected chi connectivity index (χ3v) is 2.64. The fourth-order valence-electron chi connectivity index (χ4n) is 1.63. The van der Waals surface area contributed by atoms with E-state index in [1.165, 1.54) is 4.90 Å². The average molecular weight is 280 g/mol. The van der Waals surface area contributed by atoms with E-state index >= 15 is 0 Å². The third kappa shape index (κ3) is 5.57. The standard InChI is InChI=1S/C15H24N2O3/c1-15(2,3)20-14(19)17(4)13-10-7-9-12(16-13)8-5-6-11-18/h7,9-10,18H,5-6,8,11H2,1-4H3. The van der Waals surface area contributed by atoms with E-state index in [2.05, 4.69) is 4.98 Å². The van der Waals surface area contributed by atoms with E-state index in [0.717, 1.165) is 25.0 Å². The quantitative estimate of drug-likeness (QED) is 0.842. The van der Waals surface area contributed by atoms with Gasteiger partial charge in [-0.2, -0.15) is 0 Å². The number of unbranched alkanes of at least 4 members (excludes halogenated alkanes) is 1. The number of aryl methyl sites for hydroxylation is 1. The van der Waals surface area contributed by atoms with Gasteiger partial charge in [0.1, 0.15) is 11.4 Å². The molecule has 5 heteroatoms. The van der Waals surface area contributed by atoms with Gasteiger partial charge < -0.3 is 9.84 Å². The molecule has 0 spiro atoms. The molecule has 0 saturated carbocycles. The Labute approximate surface area is 120 Å². The van der Waals surface area contributed by atoms with Crippen LogP contribution in [0.4, 0.5) is 10.6 Å². The fourth-order valence-corrected chi connectivity index (χ4v) is 1.63. The Morgan fingerprint density at radius 1 is 1.35 bits per heavy atom. The van der Waals surface area contributed by atoms with Crippen LogP contribution < -0.4 is 4.90 Å². The van der Waals surface area contributed by atoms with Gasteiger partial charge >= 0.3 is 6.09 Å². The van der Waals surface area contributed by atoms with Crippen molar-refractivity contribution in [2.75, 3.05) is 18.6 Å². The molecule has 0 bridgehead atoms. The number of carbonyl (C=O) groups is 1. The second-order valence-electron chi connectivity index (χ2n) is 5.71. The average Bonchev–Trinajstić information content (AvgIpc) is 2.36. The maximum Gasteiger partial charge on any atom is 0.415 e. The normalized spacial score (nSPS) is 11.2. The number of hydrogen-bond acceptors (Lipinski definition) is 4. The number of aliphatic hydroxyl groups excluding tert-OH is 1. The van der Waals surface area contributed by atoms with Crippen molar-refractivity contribution in [3.63, 3.8) is 0 Å². The van der Waals surface area contributed by atoms with Gasteiger partial charge in [-0.15, -0.1) is 0 Å². The van der Waals surface area contributed by atoms with Crippen molar-refractivity contribution in [3.8, 4) is 0 Å². The Morgan fingerprint density at radius 3 is 2.65 bits per heavy atom. The van der Waals surface area contributed by atoms with E-state index < -0.39 is 11.7 Å². The predicted octanol–water partition coefficient (Wildman–Crippen LogP) is 2.77. The van der Waals surface area contributed by atoms with Crippen LogP contribution in [-0.2, 0) is 11.2 Å². The number of aromatic nitrogens is 1. The highest BCUT2D eigenvalue weighted by Crippen LogP contribution is 2.15. The zero-order chi connectivity index (χ0) is 15.2. The number of hydrogen-bond donors (Lipinski definition) is 1. The maximum absolute atomic E-state index is 12.0. The number of aliphatic hydroxyl groups is 1. The van der Waals surface area contributed by atoms with E-state index in [9.17, 15) is 4.79 Å². The minimum Gasteiger partial charge on any atom is -0.443 e. The minimum absolute atomic E-state index is 0.192. The smallest absolute Gasteiger partial charge is 0.415 e. The summed E-state index contributed by atoms with van der Waals surface area (Å²) in [6, 6.07) is 5.57. The molecule has 0 radical (unpaired) electrons. The Kier molecular flexibility index (Phi) is 5.95. The van der Waals surface area contributed by atoms with E-state index in [4.69, 9.17) is 9.84 Å². The molecule has 20 heavy (non-hydrogen) atoms. The van der Waals surface area contributed by atoms with Crippen LogP contribution in [0.3, 0.4) is 0 Å². The lowest BCUT2D eigenvalue weighted by Gasteiger charge is -2.24. The van der Waals surface area contributed by atoms with Crippen molar-refractivity contribution >= 4 is 11.9 Å². The molecule has 1 aromatic heterocycles. The van der Waals surface area contributed by atoms with Gasteiger partial charge in [-0.05, 0) is 52.2 Å². The molecule has 0 aliphatic rings. The van der Waals surface area contributed by atoms with Crippen molar-refractivity contribution in [1.29, 1.82) is 0 Å². The highest BCUT2D eigenvalue weighted by molar-refractivity contribution is 5.85. The van der Waals surface area contributed by atoms with Crippen molar-refractivity contribution in [1.82, 2.24) is 4.98 Å². The first-order chi connectivity index (χ1) is 9.33. The molecular weight excluding hydrogens is 256 g/mol. The van der Waals surface area contributed by atoms with Crippen molar-refractivity contribution in [2.45, 2.75) is 45.6 Å². The van der Waals surface area contributed by atoms with Crippen LogP contribution in [0.15, 0.2) is 18.2 Å². The van der Waals surface area contributed by atoms with Crippen LogP contribution in [0.2, 0.25) is 0 Å². The molecule has 0 unspecified atom stereocenters. The van der Waals surface area contributed by atoms with Crippen LogP contribution >= 0.6 is 0 Å². The van der Waals surface area contributed by atoms with Gasteiger partial charge in [-0.25, -0.2) is 9.78 Å². The zero-order valence-corrected chi connectivity index (χ0v) is 12.7. The van der Waals surface area contributed by atoms with Gasteiger partial charge in [-0.3, -0.25) is 4.90 Å². The summed E-state index contributed by atoms with van der Waals surface area (Å²) in [6.45, 7) is 5.68. The van der Waals surface area contributed by atoms with Crippen LogP contribution in [0.5, 0.6) is 0 Å². The summed E-state index contributed by atoms with van der Waals surface area (Å²) in [7, 11) is 1.65. The number of carbonyl (C=O) groups excluding carboxylic acids is 1. The van der Waals surface area contributed by atoms with E-state index in [1.54, 1.807) is 13.1 Å². The second kappa shape index (κ2) is 7.24. The molecule has 0 aliphatic heterocycles. The van der Waals surface area contributed by atoms with Crippen molar-refractivity contribution in [3.05, 3.63) is 23.9 Å². The minimum atomic E-state index is -0.524. The fraction of sp³-hybridized carbons (Fsp3) is 0.600. The summed E-state index contributed by atoms with van der Waals surface area (Å²) in [5, 5.41) is 8.78. The van der Waals surface area contributed by atoms with Gasteiger partial charge in [0, 0.05) is 19.3 Å². The Balaban J connectivity index is 2.70. The molecule has 1 aromatic rings. The molecule has 0 atom stereocenters. The number of rotatable bonds is 5. The van der Waals surface area contributed by atoms with Crippen LogP contribution in [0.1, 0.15) is 39.3 Å². The summed E-state index contributed by atoms with van der Waals surface area (Å²) in [6.07, 6.45) is 2.01. The summed E-state index contributed by atoms with van der Waals surface area (Å²) in [4.78, 5) is 17.8. The monoisotopic (exact) mass is 280 g/mol. The number of anilines is 1. The summed E-state index contributed by atoms with van der Waals surface area (Å²) < 4.78 is 5.31. The molecule has 0 aliphatic carbocycles. The molecular formula is C15H24N2O3. The lowest BCUT2D eigenvalue weighted by molar-refractivity contribution is 0.0588. The Bertz CT molecular complexity index is 441. The number of ether oxygens (including phenoxy) is 1. The van der Waals surface area contributed by atoms with Gasteiger partial charge in [0.15, 0.2) is 0 Å². The van der Waals surface area contributed by atoms with Crippen molar-refractivity contribution in [2.24, 2.45) is 0 Å². The SMILES string of the molecule is CN(C(=O)OC(C)(C)C)c1cccc(CCCCO)n1. The predicted molar refractivity (Wildman–Crippen MR) is 78.9 cm³/mol. The molecule has 1 N–H and O–H groups in total. The zero-order valence-electron chi connectivity index (χ0n) is 12.7. The first-order valence-electron chi connectivity index (χ1n) is 6.87. The van der Waals surface area contributed by atoms with E-state index in [1.807, 2.05) is 32.9 Å². The summed E-state index contributed by atoms with van der Waals surface area (Å²) in [5.74, 6) is 0.570. The molecule has 0 fully saturated rings. The number of amides is 1. The molecule has 112 valence electrons. The first-order valence-corrected chi connectivity index (χ1v) is 6.87. The highest BCUT2D eigenvalue weighted by atomic mass is 16.6. The van der Waals surface area contributed by atoms with Crippen LogP contribution in [0, 0.1) is 0 Å². The number of nitrogens with zero attached hydrogens (tertiary/aromatic N) is 2. The van der Waals surface area contributed by atoms with Crippen LogP contribution in [0.25, 0.3) is 0 Å². The molecule has 0 saturated heterocycles. The molecule has 5 nitrogen and oxygen atoms in total. The van der Waals surface area contributed by atoms with Gasteiger partial charge in [0.25, 0.3) is 0 Å². The van der Waals surface area contributed by atoms with Gasteiger partial charge in [0.05, 0.1) is 0 Å². The second-order valence-corrected chi connectivity index (χ2v) is 5.71. The Morgan fingerprint density at radius 2 is 2.05 bits per heavy atom. The summed E-state index contributed by atoms with van der Waals surface area (Å²) in [5.41, 5.74) is 0.385. The van der Waals surface area contributed by atoms with Gasteiger partial charge in [0.2, 0.25) is 0 Å². The molecule has 1 rings (SSSR count). The Hall–Kier alpha value is -1.62. The first kappa shape index (κ1) is 16.4. The van der Waals surface area contributed by atoms with Gasteiger partial charge in [-0.1, -0.05) is 6.07 Å². The number of pyridine rings is 1. The molecule has 1 amide bonds. The topological polar surface area (TPSA) is 62.7 Å².